The van der Waals surface area contributed by atoms with Gasteiger partial charge in [0.2, 0.25) is 0 Å². The van der Waals surface area contributed by atoms with Crippen LogP contribution in [0.3, 0.4) is 0 Å². The number of aromatic carboxylic acids is 1. The van der Waals surface area contributed by atoms with E-state index in [9.17, 15) is 19.1 Å². The highest BCUT2D eigenvalue weighted by Gasteiger charge is 2.30. The summed E-state index contributed by atoms with van der Waals surface area (Å²) in [6.07, 6.45) is 1.47. The SMILES string of the molecule is O=C(O)c1c(-c2ccc[nH]c2=O)c2c3c(ccc2n1Cc1ccccc1F)OCCO3. The number of rotatable bonds is 4. The highest BCUT2D eigenvalue weighted by Crippen LogP contribution is 2.45. The third-order valence-electron chi connectivity index (χ3n) is 5.31. The predicted octanol–water partition coefficient (Wildman–Crippen LogP) is 3.65. The molecular weight excluding hydrogens is 403 g/mol. The third-order valence-corrected chi connectivity index (χ3v) is 5.31. The minimum absolute atomic E-state index is 0.0326. The monoisotopic (exact) mass is 420 g/mol. The van der Waals surface area contributed by atoms with Gasteiger partial charge in [0.05, 0.1) is 23.0 Å². The van der Waals surface area contributed by atoms with Crippen molar-refractivity contribution in [1.82, 2.24) is 9.55 Å². The number of carbonyl (C=O) groups is 1. The Hall–Kier alpha value is -4.07. The van der Waals surface area contributed by atoms with E-state index in [-0.39, 0.29) is 30.0 Å². The molecule has 2 aromatic carbocycles. The highest BCUT2D eigenvalue weighted by atomic mass is 19.1. The number of fused-ring (bicyclic) bond motifs is 3. The average molecular weight is 420 g/mol. The minimum Gasteiger partial charge on any atom is -0.486 e. The molecule has 0 radical (unpaired) electrons. The molecule has 1 aliphatic heterocycles. The van der Waals surface area contributed by atoms with Crippen LogP contribution in [0.5, 0.6) is 11.5 Å². The molecule has 7 nitrogen and oxygen atoms in total. The van der Waals surface area contributed by atoms with Gasteiger partial charge in [0.25, 0.3) is 5.56 Å². The number of hydrogen-bond acceptors (Lipinski definition) is 4. The van der Waals surface area contributed by atoms with E-state index in [4.69, 9.17) is 9.47 Å². The molecule has 0 spiro atoms. The first kappa shape index (κ1) is 18.9. The van der Waals surface area contributed by atoms with Crippen molar-refractivity contribution in [2.45, 2.75) is 6.54 Å². The number of pyridine rings is 1. The summed E-state index contributed by atoms with van der Waals surface area (Å²) in [5.41, 5.74) is 0.651. The third kappa shape index (κ3) is 3.04. The summed E-state index contributed by atoms with van der Waals surface area (Å²) in [4.78, 5) is 27.7. The second kappa shape index (κ2) is 7.32. The molecule has 2 aromatic heterocycles. The Bertz CT molecular complexity index is 1390. The van der Waals surface area contributed by atoms with Gasteiger partial charge in [0.1, 0.15) is 24.7 Å². The highest BCUT2D eigenvalue weighted by molar-refractivity contribution is 6.11. The average Bonchev–Trinajstić information content (AvgIpc) is 3.10. The van der Waals surface area contributed by atoms with Crippen molar-refractivity contribution < 1.29 is 23.8 Å². The van der Waals surface area contributed by atoms with Crippen molar-refractivity contribution in [3.05, 3.63) is 82.2 Å². The lowest BCUT2D eigenvalue weighted by atomic mass is 10.0. The lowest BCUT2D eigenvalue weighted by Gasteiger charge is -2.19. The number of H-pyrrole nitrogens is 1. The van der Waals surface area contributed by atoms with Crippen molar-refractivity contribution in [2.75, 3.05) is 13.2 Å². The number of nitrogens with one attached hydrogen (secondary N) is 1. The Morgan fingerprint density at radius 1 is 1.10 bits per heavy atom. The summed E-state index contributed by atoms with van der Waals surface area (Å²) in [7, 11) is 0. The fraction of sp³-hybridized carbons (Fsp3) is 0.130. The fourth-order valence-electron chi connectivity index (χ4n) is 4.01. The largest absolute Gasteiger partial charge is 0.486 e. The molecule has 156 valence electrons. The Morgan fingerprint density at radius 3 is 2.68 bits per heavy atom. The summed E-state index contributed by atoms with van der Waals surface area (Å²) in [5, 5.41) is 10.6. The maximum absolute atomic E-state index is 14.4. The zero-order valence-electron chi connectivity index (χ0n) is 16.2. The quantitative estimate of drug-likeness (QED) is 0.526. The van der Waals surface area contributed by atoms with Crippen LogP contribution in [0, 0.1) is 5.82 Å². The van der Waals surface area contributed by atoms with Gasteiger partial charge in [-0.25, -0.2) is 9.18 Å². The standard InChI is InChI=1S/C23H17FN2O5/c24-15-6-2-1-4-13(15)12-26-16-7-8-17-21(31-11-10-30-17)19(16)18(20(26)23(28)29)14-5-3-9-25-22(14)27/h1-9H,10-12H2,(H,25,27)(H,28,29). The minimum atomic E-state index is -1.24. The lowest BCUT2D eigenvalue weighted by Crippen LogP contribution is -2.15. The Labute approximate surface area is 175 Å². The number of nitrogens with zero attached hydrogens (tertiary/aromatic N) is 1. The van der Waals surface area contributed by atoms with Crippen LogP contribution in [-0.4, -0.2) is 33.8 Å². The first-order chi connectivity index (χ1) is 15.1. The first-order valence-electron chi connectivity index (χ1n) is 9.66. The summed E-state index contributed by atoms with van der Waals surface area (Å²) in [6, 6.07) is 12.7. The summed E-state index contributed by atoms with van der Waals surface area (Å²) in [5.74, 6) is -0.849. The van der Waals surface area contributed by atoms with E-state index in [1.165, 1.54) is 16.8 Å². The van der Waals surface area contributed by atoms with Crippen LogP contribution in [0.25, 0.3) is 22.0 Å². The van der Waals surface area contributed by atoms with Crippen molar-refractivity contribution in [1.29, 1.82) is 0 Å². The van der Waals surface area contributed by atoms with Gasteiger partial charge in [0.15, 0.2) is 11.5 Å². The molecule has 1 aliphatic rings. The van der Waals surface area contributed by atoms with E-state index in [2.05, 4.69) is 4.98 Å². The molecule has 0 saturated heterocycles. The number of halogens is 1. The number of ether oxygens (including phenoxy) is 2. The Kier molecular flexibility index (Phi) is 4.47. The van der Waals surface area contributed by atoms with Crippen molar-refractivity contribution >= 4 is 16.9 Å². The number of carboxylic acid groups (broad SMARTS) is 1. The van der Waals surface area contributed by atoms with E-state index in [1.807, 2.05) is 0 Å². The molecule has 5 rings (SSSR count). The van der Waals surface area contributed by atoms with Gasteiger partial charge in [-0.3, -0.25) is 4.79 Å². The molecule has 0 fully saturated rings. The molecule has 0 amide bonds. The van der Waals surface area contributed by atoms with Crippen LogP contribution in [0.1, 0.15) is 16.1 Å². The summed E-state index contributed by atoms with van der Waals surface area (Å²) in [6.45, 7) is 0.619. The van der Waals surface area contributed by atoms with Gasteiger partial charge in [0, 0.05) is 17.3 Å². The second-order valence-corrected chi connectivity index (χ2v) is 7.10. The normalized spacial score (nSPS) is 12.8. The van der Waals surface area contributed by atoms with E-state index in [0.29, 0.717) is 34.6 Å². The van der Waals surface area contributed by atoms with Crippen LogP contribution in [0.2, 0.25) is 0 Å². The Balaban J connectivity index is 1.90. The molecule has 0 unspecified atom stereocenters. The number of aromatic nitrogens is 2. The second-order valence-electron chi connectivity index (χ2n) is 7.10. The molecule has 2 N–H and O–H groups in total. The first-order valence-corrected chi connectivity index (χ1v) is 9.66. The van der Waals surface area contributed by atoms with Crippen LogP contribution < -0.4 is 15.0 Å². The number of benzene rings is 2. The molecule has 8 heteroatoms. The van der Waals surface area contributed by atoms with Gasteiger partial charge in [-0.2, -0.15) is 0 Å². The van der Waals surface area contributed by atoms with Gasteiger partial charge in [-0.05, 0) is 30.3 Å². The maximum Gasteiger partial charge on any atom is 0.353 e. The predicted molar refractivity (Wildman–Crippen MR) is 111 cm³/mol. The fourth-order valence-corrected chi connectivity index (χ4v) is 4.01. The van der Waals surface area contributed by atoms with Crippen molar-refractivity contribution in [2.24, 2.45) is 0 Å². The molecule has 31 heavy (non-hydrogen) atoms. The molecule has 0 aliphatic carbocycles. The number of hydrogen-bond donors (Lipinski definition) is 2. The van der Waals surface area contributed by atoms with Crippen LogP contribution in [0.4, 0.5) is 4.39 Å². The van der Waals surface area contributed by atoms with Gasteiger partial charge in [-0.1, -0.05) is 18.2 Å². The van der Waals surface area contributed by atoms with Crippen molar-refractivity contribution in [3.8, 4) is 22.6 Å². The van der Waals surface area contributed by atoms with Crippen molar-refractivity contribution in [3.63, 3.8) is 0 Å². The molecule has 0 atom stereocenters. The summed E-state index contributed by atoms with van der Waals surface area (Å²) < 4.78 is 27.4. The van der Waals surface area contributed by atoms with E-state index >= 15 is 0 Å². The van der Waals surface area contributed by atoms with Crippen LogP contribution in [-0.2, 0) is 6.54 Å². The molecular formula is C23H17FN2O5. The van der Waals surface area contributed by atoms with Gasteiger partial charge >= 0.3 is 5.97 Å². The Morgan fingerprint density at radius 2 is 1.90 bits per heavy atom. The summed E-state index contributed by atoms with van der Waals surface area (Å²) >= 11 is 0. The molecule has 3 heterocycles. The van der Waals surface area contributed by atoms with E-state index in [0.717, 1.165) is 0 Å². The molecule has 0 bridgehead atoms. The lowest BCUT2D eigenvalue weighted by molar-refractivity contribution is 0.0687. The number of carboxylic acids is 1. The van der Waals surface area contributed by atoms with E-state index in [1.54, 1.807) is 42.5 Å². The van der Waals surface area contributed by atoms with Gasteiger partial charge < -0.3 is 24.1 Å². The van der Waals surface area contributed by atoms with Crippen LogP contribution in [0.15, 0.2) is 59.5 Å². The molecule has 4 aromatic rings. The zero-order valence-corrected chi connectivity index (χ0v) is 16.2. The number of aromatic amines is 1. The zero-order chi connectivity index (χ0) is 21.5. The smallest absolute Gasteiger partial charge is 0.353 e. The molecule has 0 saturated carbocycles. The maximum atomic E-state index is 14.4. The van der Waals surface area contributed by atoms with Crippen LogP contribution >= 0.6 is 0 Å². The van der Waals surface area contributed by atoms with E-state index < -0.39 is 17.3 Å². The van der Waals surface area contributed by atoms with Gasteiger partial charge in [-0.15, -0.1) is 0 Å². The topological polar surface area (TPSA) is 93.6 Å².